The molecule has 1 saturated carbocycles. The van der Waals surface area contributed by atoms with Crippen molar-refractivity contribution in [1.82, 2.24) is 0 Å². The van der Waals surface area contributed by atoms with Crippen LogP contribution in [0.1, 0.15) is 26.7 Å². The third kappa shape index (κ3) is 1.61. The fraction of sp³-hybridized carbons (Fsp3) is 0.800. The first-order valence-corrected chi connectivity index (χ1v) is 4.52. The zero-order chi connectivity index (χ0) is 10.3. The Morgan fingerprint density at radius 2 is 1.92 bits per heavy atom. The maximum Gasteiger partial charge on any atom is 0.392 e. The molecule has 1 aliphatic rings. The first kappa shape index (κ1) is 10.6. The number of halogens is 3. The van der Waals surface area contributed by atoms with Gasteiger partial charge in [-0.2, -0.15) is 13.2 Å². The van der Waals surface area contributed by atoms with E-state index in [1.807, 2.05) is 6.92 Å². The summed E-state index contributed by atoms with van der Waals surface area (Å²) >= 11 is 0. The van der Waals surface area contributed by atoms with E-state index in [-0.39, 0.29) is 12.3 Å². The van der Waals surface area contributed by atoms with Gasteiger partial charge in [0.05, 0.1) is 5.92 Å². The first-order chi connectivity index (χ1) is 5.82. The molecule has 1 aliphatic carbocycles. The van der Waals surface area contributed by atoms with Crippen LogP contribution in [0.3, 0.4) is 0 Å². The van der Waals surface area contributed by atoms with Gasteiger partial charge >= 0.3 is 6.18 Å². The predicted molar refractivity (Wildman–Crippen MR) is 46.2 cm³/mol. The van der Waals surface area contributed by atoms with E-state index in [0.717, 1.165) is 0 Å². The Bertz CT molecular complexity index is 207. The predicted octanol–water partition coefficient (Wildman–Crippen LogP) is 3.79. The summed E-state index contributed by atoms with van der Waals surface area (Å²) in [6.45, 7) is 7.06. The van der Waals surface area contributed by atoms with Crippen molar-refractivity contribution in [3.8, 4) is 0 Å². The van der Waals surface area contributed by atoms with Crippen LogP contribution in [0.25, 0.3) is 0 Å². The summed E-state index contributed by atoms with van der Waals surface area (Å²) in [7, 11) is 0. The average Bonchev–Trinajstić information content (AvgIpc) is 2.28. The minimum atomic E-state index is -4.08. The quantitative estimate of drug-likeness (QED) is 0.554. The van der Waals surface area contributed by atoms with E-state index in [2.05, 4.69) is 6.58 Å². The Hall–Kier alpha value is -0.470. The maximum atomic E-state index is 12.6. The van der Waals surface area contributed by atoms with Crippen molar-refractivity contribution in [3.05, 3.63) is 12.7 Å². The fourth-order valence-electron chi connectivity index (χ4n) is 2.24. The van der Waals surface area contributed by atoms with Crippen molar-refractivity contribution in [2.24, 2.45) is 17.3 Å². The molecule has 0 amide bonds. The van der Waals surface area contributed by atoms with Gasteiger partial charge in [-0.05, 0) is 24.2 Å². The third-order valence-corrected chi connectivity index (χ3v) is 3.54. The molecular weight excluding hydrogens is 177 g/mol. The third-order valence-electron chi connectivity index (χ3n) is 3.54. The van der Waals surface area contributed by atoms with Gasteiger partial charge in [0.15, 0.2) is 0 Å². The van der Waals surface area contributed by atoms with E-state index in [9.17, 15) is 13.2 Å². The molecule has 0 aromatic rings. The van der Waals surface area contributed by atoms with Crippen LogP contribution in [0.15, 0.2) is 12.7 Å². The molecule has 1 unspecified atom stereocenters. The minimum absolute atomic E-state index is 0.0802. The number of rotatable bonds is 1. The number of hydrogen-bond donors (Lipinski definition) is 0. The second kappa shape index (κ2) is 3.03. The lowest BCUT2D eigenvalue weighted by molar-refractivity contribution is -0.193. The highest BCUT2D eigenvalue weighted by Crippen LogP contribution is 2.54. The van der Waals surface area contributed by atoms with Gasteiger partial charge in [0.25, 0.3) is 0 Å². The van der Waals surface area contributed by atoms with E-state index >= 15 is 0 Å². The molecular formula is C10H15F3. The van der Waals surface area contributed by atoms with E-state index in [1.54, 1.807) is 6.92 Å². The van der Waals surface area contributed by atoms with Gasteiger partial charge in [0.2, 0.25) is 0 Å². The SMILES string of the molecule is C=C[C@]1(C)C(C)CC[C@H]1C(F)(F)F. The zero-order valence-electron chi connectivity index (χ0n) is 7.99. The summed E-state index contributed by atoms with van der Waals surface area (Å²) in [5, 5.41) is 0. The second-order valence-corrected chi connectivity index (χ2v) is 4.14. The van der Waals surface area contributed by atoms with E-state index in [4.69, 9.17) is 0 Å². The average molecular weight is 192 g/mol. The Morgan fingerprint density at radius 3 is 2.23 bits per heavy atom. The van der Waals surface area contributed by atoms with Gasteiger partial charge in [-0.25, -0.2) is 0 Å². The smallest absolute Gasteiger partial charge is 0.171 e. The molecule has 0 N–H and O–H groups in total. The molecule has 0 aromatic heterocycles. The lowest BCUT2D eigenvalue weighted by Gasteiger charge is -2.33. The second-order valence-electron chi connectivity index (χ2n) is 4.14. The lowest BCUT2D eigenvalue weighted by atomic mass is 9.74. The largest absolute Gasteiger partial charge is 0.392 e. The molecule has 3 heteroatoms. The Kier molecular flexibility index (Phi) is 2.48. The van der Waals surface area contributed by atoms with Gasteiger partial charge < -0.3 is 0 Å². The van der Waals surface area contributed by atoms with Crippen molar-refractivity contribution in [3.63, 3.8) is 0 Å². The van der Waals surface area contributed by atoms with Gasteiger partial charge in [-0.3, -0.25) is 0 Å². The Morgan fingerprint density at radius 1 is 1.38 bits per heavy atom. The highest BCUT2D eigenvalue weighted by molar-refractivity contribution is 5.05. The van der Waals surface area contributed by atoms with E-state index < -0.39 is 17.5 Å². The van der Waals surface area contributed by atoms with Crippen LogP contribution in [0, 0.1) is 17.3 Å². The standard InChI is InChI=1S/C10H15F3/c1-4-9(3)7(2)5-6-8(9)10(11,12)13/h4,7-8H,1,5-6H2,2-3H3/t7?,8-,9-/m1/s1. The molecule has 13 heavy (non-hydrogen) atoms. The summed E-state index contributed by atoms with van der Waals surface area (Å²) in [6.07, 6.45) is -1.71. The van der Waals surface area contributed by atoms with Crippen molar-refractivity contribution < 1.29 is 13.2 Å². The van der Waals surface area contributed by atoms with Crippen LogP contribution >= 0.6 is 0 Å². The fourth-order valence-corrected chi connectivity index (χ4v) is 2.24. The van der Waals surface area contributed by atoms with Crippen LogP contribution in [0.2, 0.25) is 0 Å². The monoisotopic (exact) mass is 192 g/mol. The summed E-state index contributed by atoms with van der Waals surface area (Å²) in [5.41, 5.74) is -0.766. The molecule has 0 bridgehead atoms. The van der Waals surface area contributed by atoms with Crippen LogP contribution in [0.4, 0.5) is 13.2 Å². The van der Waals surface area contributed by atoms with Gasteiger partial charge in [0, 0.05) is 0 Å². The Balaban J connectivity index is 2.95. The van der Waals surface area contributed by atoms with Gasteiger partial charge in [0.1, 0.15) is 0 Å². The number of hydrogen-bond acceptors (Lipinski definition) is 0. The van der Waals surface area contributed by atoms with Crippen LogP contribution < -0.4 is 0 Å². The Labute approximate surface area is 76.8 Å². The topological polar surface area (TPSA) is 0 Å². The van der Waals surface area contributed by atoms with Gasteiger partial charge in [-0.1, -0.05) is 19.9 Å². The van der Waals surface area contributed by atoms with Crippen LogP contribution in [0.5, 0.6) is 0 Å². The van der Waals surface area contributed by atoms with Crippen molar-refractivity contribution in [2.75, 3.05) is 0 Å². The molecule has 1 fully saturated rings. The van der Waals surface area contributed by atoms with Crippen molar-refractivity contribution in [1.29, 1.82) is 0 Å². The van der Waals surface area contributed by atoms with E-state index in [0.29, 0.717) is 6.42 Å². The molecule has 0 radical (unpaired) electrons. The normalized spacial score (nSPS) is 40.7. The lowest BCUT2D eigenvalue weighted by Crippen LogP contribution is -2.35. The minimum Gasteiger partial charge on any atom is -0.171 e. The molecule has 0 aromatic carbocycles. The van der Waals surface area contributed by atoms with Crippen molar-refractivity contribution in [2.45, 2.75) is 32.9 Å². The summed E-state index contributed by atoms with van der Waals surface area (Å²) in [4.78, 5) is 0. The number of allylic oxidation sites excluding steroid dienone is 1. The van der Waals surface area contributed by atoms with Crippen LogP contribution in [-0.4, -0.2) is 6.18 Å². The molecule has 0 nitrogen and oxygen atoms in total. The molecule has 0 saturated heterocycles. The highest BCUT2D eigenvalue weighted by Gasteiger charge is 2.55. The molecule has 0 aliphatic heterocycles. The van der Waals surface area contributed by atoms with Gasteiger partial charge in [-0.15, -0.1) is 6.58 Å². The maximum absolute atomic E-state index is 12.6. The number of alkyl halides is 3. The van der Waals surface area contributed by atoms with E-state index in [1.165, 1.54) is 6.08 Å². The first-order valence-electron chi connectivity index (χ1n) is 4.52. The highest BCUT2D eigenvalue weighted by atomic mass is 19.4. The summed E-state index contributed by atoms with van der Waals surface area (Å²) in [6, 6.07) is 0. The molecule has 3 atom stereocenters. The molecule has 0 heterocycles. The zero-order valence-corrected chi connectivity index (χ0v) is 7.99. The summed E-state index contributed by atoms with van der Waals surface area (Å²) < 4.78 is 37.7. The summed E-state index contributed by atoms with van der Waals surface area (Å²) in [5.74, 6) is -1.12. The molecule has 0 spiro atoms. The van der Waals surface area contributed by atoms with Crippen LogP contribution in [-0.2, 0) is 0 Å². The molecule has 76 valence electrons. The molecule has 1 rings (SSSR count). The van der Waals surface area contributed by atoms with Crippen molar-refractivity contribution >= 4 is 0 Å².